The van der Waals surface area contributed by atoms with Crippen LogP contribution in [-0.4, -0.2) is 8.07 Å². The largest absolute Gasteiger partial charge is 0.192 e. The maximum absolute atomic E-state index is 9.11. The molecule has 0 unspecified atom stereocenters. The van der Waals surface area contributed by atoms with E-state index in [0.29, 0.717) is 5.56 Å². The Kier molecular flexibility index (Phi) is 3.23. The SMILES string of the molecule is C[Si](C)(C)C#Cc1ccc(C#N)c2ccccc12. The summed E-state index contributed by atoms with van der Waals surface area (Å²) in [5, 5.41) is 11.2. The molecule has 0 saturated heterocycles. The molecule has 0 fully saturated rings. The standard InChI is InChI=1S/C16H15NSi/c1-18(2,3)11-10-13-8-9-14(12-17)16-7-5-4-6-15(13)16/h4-9H,1-3H3. The molecule has 0 saturated carbocycles. The average molecular weight is 249 g/mol. The van der Waals surface area contributed by atoms with E-state index < -0.39 is 8.07 Å². The Morgan fingerprint density at radius 2 is 1.44 bits per heavy atom. The molecule has 2 rings (SSSR count). The second-order valence-corrected chi connectivity index (χ2v) is 10.1. The third-order valence-corrected chi connectivity index (χ3v) is 3.49. The van der Waals surface area contributed by atoms with Crippen LogP contribution in [-0.2, 0) is 0 Å². The topological polar surface area (TPSA) is 23.8 Å². The molecule has 0 aliphatic carbocycles. The van der Waals surface area contributed by atoms with Crippen LogP contribution in [0.15, 0.2) is 36.4 Å². The van der Waals surface area contributed by atoms with Crippen molar-refractivity contribution in [2.24, 2.45) is 0 Å². The fraction of sp³-hybridized carbons (Fsp3) is 0.188. The van der Waals surface area contributed by atoms with Crippen molar-refractivity contribution in [1.82, 2.24) is 0 Å². The highest BCUT2D eigenvalue weighted by molar-refractivity contribution is 6.83. The summed E-state index contributed by atoms with van der Waals surface area (Å²) in [4.78, 5) is 0. The van der Waals surface area contributed by atoms with Gasteiger partial charge in [0, 0.05) is 10.9 Å². The highest BCUT2D eigenvalue weighted by atomic mass is 28.3. The third-order valence-electron chi connectivity index (χ3n) is 2.62. The minimum absolute atomic E-state index is 0.712. The maximum atomic E-state index is 9.11. The molecule has 1 nitrogen and oxygen atoms in total. The predicted molar refractivity (Wildman–Crippen MR) is 78.9 cm³/mol. The first-order valence-electron chi connectivity index (χ1n) is 5.96. The van der Waals surface area contributed by atoms with E-state index in [4.69, 9.17) is 5.26 Å². The van der Waals surface area contributed by atoms with Gasteiger partial charge in [0.1, 0.15) is 8.07 Å². The van der Waals surface area contributed by atoms with Crippen LogP contribution in [0.4, 0.5) is 0 Å². The minimum Gasteiger partial charge on any atom is -0.192 e. The molecule has 2 aromatic rings. The van der Waals surface area contributed by atoms with Crippen LogP contribution >= 0.6 is 0 Å². The van der Waals surface area contributed by atoms with Crippen molar-refractivity contribution in [2.45, 2.75) is 19.6 Å². The maximum Gasteiger partial charge on any atom is 0.129 e. The van der Waals surface area contributed by atoms with Crippen LogP contribution < -0.4 is 0 Å². The smallest absolute Gasteiger partial charge is 0.129 e. The summed E-state index contributed by atoms with van der Waals surface area (Å²) in [7, 11) is -1.38. The summed E-state index contributed by atoms with van der Waals surface area (Å²) in [6.45, 7) is 6.68. The quantitative estimate of drug-likeness (QED) is 0.512. The summed E-state index contributed by atoms with van der Waals surface area (Å²) >= 11 is 0. The van der Waals surface area contributed by atoms with Gasteiger partial charge in [0.25, 0.3) is 0 Å². The zero-order valence-corrected chi connectivity index (χ0v) is 11.9. The van der Waals surface area contributed by atoms with Crippen molar-refractivity contribution >= 4 is 18.8 Å². The Morgan fingerprint density at radius 1 is 0.889 bits per heavy atom. The summed E-state index contributed by atoms with van der Waals surface area (Å²) in [6.07, 6.45) is 0. The second-order valence-electron chi connectivity index (χ2n) is 5.32. The molecule has 0 heterocycles. The van der Waals surface area contributed by atoms with Gasteiger partial charge in [-0.3, -0.25) is 0 Å². The van der Waals surface area contributed by atoms with Crippen molar-refractivity contribution < 1.29 is 0 Å². The molecule has 0 N–H and O–H groups in total. The summed E-state index contributed by atoms with van der Waals surface area (Å²) < 4.78 is 0. The fourth-order valence-electron chi connectivity index (χ4n) is 1.76. The molecule has 0 spiro atoms. The van der Waals surface area contributed by atoms with E-state index in [1.807, 2.05) is 36.4 Å². The molecular formula is C16H15NSi. The molecule has 0 radical (unpaired) electrons. The molecule has 0 aliphatic rings. The lowest BCUT2D eigenvalue weighted by Crippen LogP contribution is -2.16. The van der Waals surface area contributed by atoms with Crippen LogP contribution in [0.2, 0.25) is 19.6 Å². The van der Waals surface area contributed by atoms with E-state index in [1.54, 1.807) is 0 Å². The van der Waals surface area contributed by atoms with Gasteiger partial charge in [0.15, 0.2) is 0 Å². The lowest BCUT2D eigenvalue weighted by molar-refractivity contribution is 1.50. The molecule has 0 aliphatic heterocycles. The number of nitrogens with zero attached hydrogens (tertiary/aromatic N) is 1. The van der Waals surface area contributed by atoms with Crippen molar-refractivity contribution in [2.75, 3.05) is 0 Å². The van der Waals surface area contributed by atoms with Crippen molar-refractivity contribution in [1.29, 1.82) is 5.26 Å². The van der Waals surface area contributed by atoms with Crippen LogP contribution in [0, 0.1) is 22.8 Å². The third kappa shape index (κ3) is 2.62. The van der Waals surface area contributed by atoms with Gasteiger partial charge < -0.3 is 0 Å². The Bertz CT molecular complexity index is 691. The van der Waals surface area contributed by atoms with E-state index in [2.05, 4.69) is 37.2 Å². The van der Waals surface area contributed by atoms with Crippen LogP contribution in [0.3, 0.4) is 0 Å². The summed E-state index contributed by atoms with van der Waals surface area (Å²) in [5.74, 6) is 3.28. The van der Waals surface area contributed by atoms with Crippen LogP contribution in [0.1, 0.15) is 11.1 Å². The summed E-state index contributed by atoms with van der Waals surface area (Å²) in [5.41, 5.74) is 5.11. The first-order valence-corrected chi connectivity index (χ1v) is 9.46. The van der Waals surface area contributed by atoms with Gasteiger partial charge in [0.05, 0.1) is 11.6 Å². The molecule has 0 bridgehead atoms. The zero-order valence-electron chi connectivity index (χ0n) is 10.9. The Hall–Kier alpha value is -2.03. The highest BCUT2D eigenvalue weighted by Gasteiger charge is 2.08. The van der Waals surface area contributed by atoms with Crippen LogP contribution in [0.25, 0.3) is 10.8 Å². The number of benzene rings is 2. The molecule has 18 heavy (non-hydrogen) atoms. The second kappa shape index (κ2) is 4.68. The predicted octanol–water partition coefficient (Wildman–Crippen LogP) is 3.94. The number of fused-ring (bicyclic) bond motifs is 1. The first kappa shape index (κ1) is 12.4. The van der Waals surface area contributed by atoms with E-state index in [9.17, 15) is 0 Å². The van der Waals surface area contributed by atoms with Gasteiger partial charge in [-0.05, 0) is 17.5 Å². The zero-order chi connectivity index (χ0) is 13.2. The van der Waals surface area contributed by atoms with Crippen molar-refractivity contribution in [3.63, 3.8) is 0 Å². The van der Waals surface area contributed by atoms with E-state index in [1.165, 1.54) is 0 Å². The lowest BCUT2D eigenvalue weighted by Gasteiger charge is -2.05. The van der Waals surface area contributed by atoms with E-state index in [0.717, 1.165) is 16.3 Å². The number of rotatable bonds is 0. The molecular weight excluding hydrogens is 234 g/mol. The van der Waals surface area contributed by atoms with E-state index >= 15 is 0 Å². The molecule has 0 amide bonds. The Labute approximate surface area is 109 Å². The summed E-state index contributed by atoms with van der Waals surface area (Å²) in [6, 6.07) is 14.0. The van der Waals surface area contributed by atoms with Gasteiger partial charge in [-0.25, -0.2) is 0 Å². The van der Waals surface area contributed by atoms with E-state index in [-0.39, 0.29) is 0 Å². The Morgan fingerprint density at radius 3 is 2.00 bits per heavy atom. The monoisotopic (exact) mass is 249 g/mol. The lowest BCUT2D eigenvalue weighted by atomic mass is 10.0. The first-order chi connectivity index (χ1) is 8.51. The van der Waals surface area contributed by atoms with Gasteiger partial charge in [-0.1, -0.05) is 49.8 Å². The Balaban J connectivity index is 2.67. The van der Waals surface area contributed by atoms with Crippen LogP contribution in [0.5, 0.6) is 0 Å². The molecule has 0 aromatic heterocycles. The van der Waals surface area contributed by atoms with Gasteiger partial charge in [-0.15, -0.1) is 5.54 Å². The van der Waals surface area contributed by atoms with Gasteiger partial charge in [-0.2, -0.15) is 5.26 Å². The number of nitriles is 1. The van der Waals surface area contributed by atoms with Crippen molar-refractivity contribution in [3.8, 4) is 17.5 Å². The number of hydrogen-bond donors (Lipinski definition) is 0. The molecule has 2 heteroatoms. The fourth-order valence-corrected chi connectivity index (χ4v) is 2.27. The normalized spacial score (nSPS) is 10.6. The van der Waals surface area contributed by atoms with Gasteiger partial charge >= 0.3 is 0 Å². The van der Waals surface area contributed by atoms with Crippen molar-refractivity contribution in [3.05, 3.63) is 47.5 Å². The highest BCUT2D eigenvalue weighted by Crippen LogP contribution is 2.21. The average Bonchev–Trinajstić information content (AvgIpc) is 2.35. The molecule has 2 aromatic carbocycles. The molecule has 88 valence electrons. The molecule has 0 atom stereocenters. The van der Waals surface area contributed by atoms with Gasteiger partial charge in [0.2, 0.25) is 0 Å². The minimum atomic E-state index is -1.38. The number of hydrogen-bond acceptors (Lipinski definition) is 1.